The van der Waals surface area contributed by atoms with Crippen LogP contribution in [-0.2, 0) is 47.9 Å². The molecule has 60 heavy (non-hydrogen) atoms. The molecular weight excluding hydrogens is 805 g/mol. The maximum absolute atomic E-state index is 13.6. The number of carbonyl (C=O) groups is 10. The maximum Gasteiger partial charge on any atom is 0.322 e. The van der Waals surface area contributed by atoms with E-state index in [1.54, 1.807) is 0 Å². The van der Waals surface area contributed by atoms with Crippen molar-refractivity contribution in [1.82, 2.24) is 45.8 Å². The van der Waals surface area contributed by atoms with Gasteiger partial charge in [0.1, 0.15) is 42.8 Å². The molecule has 5 saturated heterocycles. The monoisotopic (exact) mass is 862 g/mol. The minimum Gasteiger partial charge on any atom is -0.480 e. The first-order valence-corrected chi connectivity index (χ1v) is 22.2. The number of carbonyl (C=O) groups excluding carboxylic acids is 9. The van der Waals surface area contributed by atoms with Gasteiger partial charge in [-0.05, 0) is 82.6 Å². The van der Waals surface area contributed by atoms with Crippen LogP contribution in [0.4, 0.5) is 0 Å². The highest BCUT2D eigenvalue weighted by molar-refractivity contribution is 7.98. The van der Waals surface area contributed by atoms with Gasteiger partial charge in [-0.25, -0.2) is 0 Å². The second-order valence-electron chi connectivity index (χ2n) is 15.7. The Hall–Kier alpha value is -4.99. The summed E-state index contributed by atoms with van der Waals surface area (Å²) in [6.07, 6.45) is 6.83. The lowest BCUT2D eigenvalue weighted by Crippen LogP contribution is -2.56. The van der Waals surface area contributed by atoms with Crippen molar-refractivity contribution in [2.45, 2.75) is 107 Å². The minimum absolute atomic E-state index is 0.214. The highest BCUT2D eigenvalue weighted by Crippen LogP contribution is 2.27. The van der Waals surface area contributed by atoms with Gasteiger partial charge in [-0.3, -0.25) is 47.9 Å². The highest BCUT2D eigenvalue weighted by Gasteiger charge is 2.44. The molecule has 0 aromatic heterocycles. The van der Waals surface area contributed by atoms with Crippen molar-refractivity contribution >= 4 is 70.9 Å². The van der Waals surface area contributed by atoms with Crippen molar-refractivity contribution in [2.24, 2.45) is 5.73 Å². The van der Waals surface area contributed by atoms with E-state index in [2.05, 4.69) is 21.3 Å². The van der Waals surface area contributed by atoms with Crippen LogP contribution in [0.25, 0.3) is 0 Å². The Morgan fingerprint density at radius 2 is 0.967 bits per heavy atom. The molecule has 0 unspecified atom stereocenters. The Morgan fingerprint density at radius 1 is 0.567 bits per heavy atom. The number of thioether (sulfide) groups is 1. The van der Waals surface area contributed by atoms with Gasteiger partial charge in [-0.15, -0.1) is 0 Å². The lowest BCUT2D eigenvalue weighted by atomic mass is 10.1. The summed E-state index contributed by atoms with van der Waals surface area (Å²) in [7, 11) is 0. The van der Waals surface area contributed by atoms with Crippen molar-refractivity contribution in [3.05, 3.63) is 0 Å². The summed E-state index contributed by atoms with van der Waals surface area (Å²) in [6.45, 7) is -0.0652. The Kier molecular flexibility index (Phi) is 16.5. The third-order valence-electron chi connectivity index (χ3n) is 11.9. The average molecular weight is 863 g/mol. The molecular formula is C38H58N10O11S. The number of amides is 9. The molecule has 332 valence electrons. The lowest BCUT2D eigenvalue weighted by molar-refractivity contribution is -0.147. The Balaban J connectivity index is 1.12. The van der Waals surface area contributed by atoms with Crippen LogP contribution in [0.1, 0.15) is 70.6 Å². The molecule has 5 aliphatic heterocycles. The van der Waals surface area contributed by atoms with Crippen LogP contribution < -0.4 is 27.0 Å². The second-order valence-corrected chi connectivity index (χ2v) is 16.7. The van der Waals surface area contributed by atoms with Crippen LogP contribution in [-0.4, -0.2) is 196 Å². The van der Waals surface area contributed by atoms with Gasteiger partial charge < -0.3 is 56.6 Å². The zero-order valence-corrected chi connectivity index (χ0v) is 34.9. The number of rotatable bonds is 17. The van der Waals surface area contributed by atoms with Crippen LogP contribution in [0.15, 0.2) is 0 Å². The predicted octanol–water partition coefficient (Wildman–Crippen LogP) is -3.43. The molecule has 0 radical (unpaired) electrons. The fourth-order valence-corrected chi connectivity index (χ4v) is 9.38. The number of likely N-dealkylation sites (tertiary alicyclic amines) is 5. The van der Waals surface area contributed by atoms with Gasteiger partial charge in [0.05, 0.1) is 19.6 Å². The molecule has 0 aromatic rings. The number of nitrogens with one attached hydrogen (secondary N) is 4. The van der Waals surface area contributed by atoms with E-state index in [0.717, 1.165) is 0 Å². The van der Waals surface area contributed by atoms with Gasteiger partial charge in [-0.2, -0.15) is 11.8 Å². The van der Waals surface area contributed by atoms with E-state index < -0.39 is 103 Å². The Bertz CT molecular complexity index is 1680. The van der Waals surface area contributed by atoms with Gasteiger partial charge in [0, 0.05) is 32.7 Å². The van der Waals surface area contributed by atoms with E-state index in [-0.39, 0.29) is 44.4 Å². The molecule has 6 atom stereocenters. The molecule has 22 heteroatoms. The molecule has 5 rings (SSSR count). The molecule has 0 aromatic carbocycles. The molecule has 5 heterocycles. The molecule has 5 fully saturated rings. The summed E-state index contributed by atoms with van der Waals surface area (Å²) in [5.41, 5.74) is 5.54. The van der Waals surface area contributed by atoms with Gasteiger partial charge >= 0.3 is 5.97 Å². The van der Waals surface area contributed by atoms with Gasteiger partial charge in [0.15, 0.2) is 0 Å². The normalized spacial score (nSPS) is 24.3. The van der Waals surface area contributed by atoms with E-state index in [9.17, 15) is 47.9 Å². The van der Waals surface area contributed by atoms with E-state index >= 15 is 0 Å². The number of hydrogen-bond donors (Lipinski definition) is 6. The van der Waals surface area contributed by atoms with E-state index in [4.69, 9.17) is 10.8 Å². The number of nitrogens with zero attached hydrogens (tertiary/aromatic N) is 5. The van der Waals surface area contributed by atoms with Crippen LogP contribution in [0, 0.1) is 0 Å². The Labute approximate surface area is 352 Å². The summed E-state index contributed by atoms with van der Waals surface area (Å²) < 4.78 is 0. The quantitative estimate of drug-likeness (QED) is 0.0832. The van der Waals surface area contributed by atoms with Crippen LogP contribution >= 0.6 is 11.8 Å². The number of carboxylic acids is 1. The first-order chi connectivity index (χ1) is 28.8. The molecule has 7 N–H and O–H groups in total. The first kappa shape index (κ1) is 46.1. The minimum atomic E-state index is -1.21. The third kappa shape index (κ3) is 11.0. The topological polar surface area (TPSA) is 281 Å². The molecule has 5 aliphatic rings. The van der Waals surface area contributed by atoms with E-state index in [1.807, 2.05) is 6.26 Å². The largest absolute Gasteiger partial charge is 0.480 e. The lowest BCUT2D eigenvalue weighted by Gasteiger charge is -2.31. The zero-order valence-electron chi connectivity index (χ0n) is 34.1. The number of aliphatic carboxylic acids is 1. The number of hydrogen-bond acceptors (Lipinski definition) is 12. The molecule has 21 nitrogen and oxygen atoms in total. The average Bonchev–Trinajstić information content (AvgIpc) is 4.09. The molecule has 0 bridgehead atoms. The van der Waals surface area contributed by atoms with Crippen molar-refractivity contribution in [3.8, 4) is 0 Å². The predicted molar refractivity (Wildman–Crippen MR) is 214 cm³/mol. The molecule has 0 saturated carbocycles. The number of carboxylic acid groups (broad SMARTS) is 1. The van der Waals surface area contributed by atoms with Crippen molar-refractivity contribution in [1.29, 1.82) is 0 Å². The van der Waals surface area contributed by atoms with Gasteiger partial charge in [-0.1, -0.05) is 0 Å². The van der Waals surface area contributed by atoms with Crippen LogP contribution in [0.5, 0.6) is 0 Å². The number of nitrogens with two attached hydrogens (primary N) is 1. The molecule has 9 amide bonds. The molecule has 0 spiro atoms. The fourth-order valence-electron chi connectivity index (χ4n) is 8.91. The molecule has 0 aliphatic carbocycles. The maximum atomic E-state index is 13.6. The van der Waals surface area contributed by atoms with Crippen LogP contribution in [0.3, 0.4) is 0 Å². The third-order valence-corrected chi connectivity index (χ3v) is 12.6. The highest BCUT2D eigenvalue weighted by atomic mass is 32.2. The fraction of sp³-hybridized carbons (Fsp3) is 0.737. The van der Waals surface area contributed by atoms with E-state index in [0.29, 0.717) is 83.1 Å². The first-order valence-electron chi connectivity index (χ1n) is 20.8. The summed E-state index contributed by atoms with van der Waals surface area (Å²) >= 11 is 1.45. The Morgan fingerprint density at radius 3 is 1.43 bits per heavy atom. The summed E-state index contributed by atoms with van der Waals surface area (Å²) in [5, 5.41) is 19.2. The van der Waals surface area contributed by atoms with Gasteiger partial charge in [0.25, 0.3) is 0 Å². The van der Waals surface area contributed by atoms with Crippen molar-refractivity contribution in [3.63, 3.8) is 0 Å². The second kappa shape index (κ2) is 21.5. The summed E-state index contributed by atoms with van der Waals surface area (Å²) in [6, 6.07) is -5.12. The summed E-state index contributed by atoms with van der Waals surface area (Å²) in [4.78, 5) is 137. The standard InChI is InChI=1S/C38H58N10O11S/c1-60-18-12-23(33(54)40-20-31(51)46-15-6-11-28(46)38(59)48-17-4-8-25(48)35(56)42-22-32(52)53)43-36(57)26-9-2-13-44(26)30(50)21-41-34(55)24-7-3-16-47(24)37(58)27-10-5-14-45(27)29(49)19-39/h23-28H,2-22,39H2,1H3,(H,40,54)(H,41,55)(H,42,56)(H,43,57)(H,52,53)/t23-,24-,25-,26-,27-,28-/m0/s1. The zero-order chi connectivity index (χ0) is 43.5. The smallest absolute Gasteiger partial charge is 0.322 e. The van der Waals surface area contributed by atoms with Crippen LogP contribution in [0.2, 0.25) is 0 Å². The van der Waals surface area contributed by atoms with Crippen molar-refractivity contribution in [2.75, 3.05) is 70.9 Å². The summed E-state index contributed by atoms with van der Waals surface area (Å²) in [5.74, 6) is -5.03. The SMILES string of the molecule is CSCC[C@H](NC(=O)[C@@H]1CCCN1C(=O)CNC(=O)[C@@H]1CCCN1C(=O)[C@@H]1CCCN1C(=O)CN)C(=O)NCC(=O)N1CCC[C@H]1C(=O)N1CCC[C@H]1C(=O)NCC(=O)O. The van der Waals surface area contributed by atoms with Crippen molar-refractivity contribution < 1.29 is 53.1 Å². The van der Waals surface area contributed by atoms with E-state index in [1.165, 1.54) is 36.3 Å². The van der Waals surface area contributed by atoms with Gasteiger partial charge in [0.2, 0.25) is 53.2 Å².